The third-order valence-corrected chi connectivity index (χ3v) is 4.64. The average Bonchev–Trinajstić information content (AvgIpc) is 2.91. The number of nitrogens with zero attached hydrogens (tertiary/aromatic N) is 1. The van der Waals surface area contributed by atoms with E-state index in [2.05, 4.69) is 0 Å². The first-order valence-corrected chi connectivity index (χ1v) is 7.12. The van der Waals surface area contributed by atoms with E-state index in [0.29, 0.717) is 5.02 Å². The van der Waals surface area contributed by atoms with Crippen LogP contribution in [-0.4, -0.2) is 19.9 Å². The molecule has 1 fully saturated rings. The van der Waals surface area contributed by atoms with E-state index < -0.39 is 21.0 Å². The number of benzene rings is 1. The minimum absolute atomic E-state index is 0.223. The minimum atomic E-state index is -3.17. The van der Waals surface area contributed by atoms with Gasteiger partial charge in [-0.15, -0.1) is 0 Å². The van der Waals surface area contributed by atoms with Gasteiger partial charge in [0.25, 0.3) is 0 Å². The molecule has 0 saturated heterocycles. The van der Waals surface area contributed by atoms with Crippen LogP contribution in [0.5, 0.6) is 0 Å². The van der Waals surface area contributed by atoms with Gasteiger partial charge in [-0.3, -0.25) is 0 Å². The topological polar surface area (TPSA) is 57.9 Å². The van der Waals surface area contributed by atoms with E-state index in [4.69, 9.17) is 16.9 Å². The molecule has 0 N–H and O–H groups in total. The Bertz CT molecular complexity index is 562. The number of hydrogen-bond donors (Lipinski definition) is 0. The van der Waals surface area contributed by atoms with Crippen LogP contribution in [0, 0.1) is 17.2 Å². The van der Waals surface area contributed by atoms with Gasteiger partial charge in [-0.25, -0.2) is 8.42 Å². The molecule has 0 heterocycles. The van der Waals surface area contributed by atoms with Crippen molar-refractivity contribution < 1.29 is 8.42 Å². The van der Waals surface area contributed by atoms with Crippen molar-refractivity contribution in [2.45, 2.75) is 11.2 Å². The molecule has 3 atom stereocenters. The number of sulfone groups is 1. The summed E-state index contributed by atoms with van der Waals surface area (Å²) in [6.45, 7) is 0. The molecule has 2 rings (SSSR count). The first-order chi connectivity index (χ1) is 7.45. The fourth-order valence-electron chi connectivity index (χ4n) is 2.08. The van der Waals surface area contributed by atoms with Crippen molar-refractivity contribution >= 4 is 21.4 Å². The Balaban J connectivity index is 2.35. The largest absolute Gasteiger partial charge is 0.229 e. The van der Waals surface area contributed by atoms with Crippen LogP contribution < -0.4 is 0 Å². The normalized spacial score (nSPS) is 28.4. The van der Waals surface area contributed by atoms with Gasteiger partial charge in [-0.2, -0.15) is 5.26 Å². The zero-order chi connectivity index (χ0) is 11.9. The van der Waals surface area contributed by atoms with Crippen molar-refractivity contribution in [3.63, 3.8) is 0 Å². The molecule has 16 heavy (non-hydrogen) atoms. The van der Waals surface area contributed by atoms with Crippen molar-refractivity contribution in [2.75, 3.05) is 6.26 Å². The third kappa shape index (κ3) is 1.93. The van der Waals surface area contributed by atoms with Crippen LogP contribution in [0.1, 0.15) is 11.5 Å². The lowest BCUT2D eigenvalue weighted by Crippen LogP contribution is -2.06. The maximum atomic E-state index is 11.4. The van der Waals surface area contributed by atoms with Crippen LogP contribution in [0.2, 0.25) is 5.02 Å². The van der Waals surface area contributed by atoms with Gasteiger partial charge in [0.05, 0.1) is 17.2 Å². The standard InChI is InChI=1S/C11H10ClNO2S/c1-16(14,15)11-9(6-13)10(11)7-3-2-4-8(12)5-7/h2-5,9-11H,1H3/t9-,10-,11+/m0/s1. The van der Waals surface area contributed by atoms with E-state index in [9.17, 15) is 8.42 Å². The Labute approximate surface area is 99.6 Å². The summed E-state index contributed by atoms with van der Waals surface area (Å²) in [5.41, 5.74) is 0.828. The molecule has 1 saturated carbocycles. The second-order valence-electron chi connectivity index (χ2n) is 4.03. The molecule has 5 heteroatoms. The predicted octanol–water partition coefficient (Wildman–Crippen LogP) is 1.99. The van der Waals surface area contributed by atoms with Gasteiger partial charge in [0.15, 0.2) is 9.84 Å². The Morgan fingerprint density at radius 3 is 2.56 bits per heavy atom. The molecule has 1 aromatic rings. The summed E-state index contributed by atoms with van der Waals surface area (Å²) in [4.78, 5) is 0. The Kier molecular flexibility index (Phi) is 2.69. The first-order valence-electron chi connectivity index (χ1n) is 4.79. The monoisotopic (exact) mass is 255 g/mol. The lowest BCUT2D eigenvalue weighted by molar-refractivity contribution is 0.599. The first kappa shape index (κ1) is 11.4. The number of halogens is 1. The molecule has 1 aliphatic rings. The van der Waals surface area contributed by atoms with Gasteiger partial charge in [0.1, 0.15) is 0 Å². The summed E-state index contributed by atoms with van der Waals surface area (Å²) in [5.74, 6) is -0.660. The van der Waals surface area contributed by atoms with E-state index in [1.807, 2.05) is 12.1 Å². The van der Waals surface area contributed by atoms with Crippen molar-refractivity contribution in [1.29, 1.82) is 5.26 Å². The van der Waals surface area contributed by atoms with Crippen LogP contribution in [0.3, 0.4) is 0 Å². The van der Waals surface area contributed by atoms with Crippen LogP contribution in [0.15, 0.2) is 24.3 Å². The Morgan fingerprint density at radius 1 is 1.44 bits per heavy atom. The number of rotatable bonds is 2. The molecular weight excluding hydrogens is 246 g/mol. The van der Waals surface area contributed by atoms with Gasteiger partial charge in [-0.1, -0.05) is 23.7 Å². The summed E-state index contributed by atoms with van der Waals surface area (Å²) in [6.07, 6.45) is 1.17. The zero-order valence-corrected chi connectivity index (χ0v) is 10.2. The molecule has 1 aromatic carbocycles. The van der Waals surface area contributed by atoms with Crippen molar-refractivity contribution in [1.82, 2.24) is 0 Å². The van der Waals surface area contributed by atoms with Crippen molar-refractivity contribution in [3.8, 4) is 6.07 Å². The van der Waals surface area contributed by atoms with Crippen LogP contribution in [0.4, 0.5) is 0 Å². The van der Waals surface area contributed by atoms with E-state index in [1.165, 1.54) is 6.26 Å². The van der Waals surface area contributed by atoms with E-state index in [-0.39, 0.29) is 5.92 Å². The molecule has 0 amide bonds. The third-order valence-electron chi connectivity index (χ3n) is 2.83. The fourth-order valence-corrected chi connectivity index (χ4v) is 3.81. The molecule has 3 nitrogen and oxygen atoms in total. The molecule has 0 radical (unpaired) electrons. The lowest BCUT2D eigenvalue weighted by Gasteiger charge is -1.99. The van der Waals surface area contributed by atoms with Crippen molar-refractivity contribution in [3.05, 3.63) is 34.9 Å². The second kappa shape index (κ2) is 3.76. The van der Waals surface area contributed by atoms with Gasteiger partial charge >= 0.3 is 0 Å². The highest BCUT2D eigenvalue weighted by atomic mass is 35.5. The Hall–Kier alpha value is -1.05. The maximum Gasteiger partial charge on any atom is 0.152 e. The molecule has 0 aromatic heterocycles. The average molecular weight is 256 g/mol. The number of nitriles is 1. The van der Waals surface area contributed by atoms with Gasteiger partial charge in [-0.05, 0) is 17.7 Å². The van der Waals surface area contributed by atoms with Crippen LogP contribution in [-0.2, 0) is 9.84 Å². The fraction of sp³-hybridized carbons (Fsp3) is 0.364. The maximum absolute atomic E-state index is 11.4. The van der Waals surface area contributed by atoms with Crippen LogP contribution >= 0.6 is 11.6 Å². The summed E-state index contributed by atoms with van der Waals surface area (Å²) in [5, 5.41) is 8.88. The summed E-state index contributed by atoms with van der Waals surface area (Å²) < 4.78 is 22.9. The van der Waals surface area contributed by atoms with E-state index in [1.54, 1.807) is 18.2 Å². The van der Waals surface area contributed by atoms with E-state index >= 15 is 0 Å². The second-order valence-corrected chi connectivity index (χ2v) is 6.67. The number of hydrogen-bond acceptors (Lipinski definition) is 3. The summed E-state index contributed by atoms with van der Waals surface area (Å²) in [7, 11) is -3.17. The van der Waals surface area contributed by atoms with Gasteiger partial charge < -0.3 is 0 Å². The molecule has 0 bridgehead atoms. The highest BCUT2D eigenvalue weighted by Gasteiger charge is 2.57. The van der Waals surface area contributed by atoms with Gasteiger partial charge in [0.2, 0.25) is 0 Å². The molecule has 1 aliphatic carbocycles. The minimum Gasteiger partial charge on any atom is -0.229 e. The molecule has 0 spiro atoms. The molecular formula is C11H10ClNO2S. The smallest absolute Gasteiger partial charge is 0.152 e. The quantitative estimate of drug-likeness (QED) is 0.812. The molecule has 0 unspecified atom stereocenters. The van der Waals surface area contributed by atoms with Crippen molar-refractivity contribution in [2.24, 2.45) is 5.92 Å². The molecule has 84 valence electrons. The highest BCUT2D eigenvalue weighted by Crippen LogP contribution is 2.51. The lowest BCUT2D eigenvalue weighted by atomic mass is 10.1. The predicted molar refractivity (Wildman–Crippen MR) is 61.9 cm³/mol. The van der Waals surface area contributed by atoms with Gasteiger partial charge in [0, 0.05) is 17.2 Å². The Morgan fingerprint density at radius 2 is 2.12 bits per heavy atom. The summed E-state index contributed by atoms with van der Waals surface area (Å²) in [6, 6.07) is 9.07. The molecule has 0 aliphatic heterocycles. The highest BCUT2D eigenvalue weighted by molar-refractivity contribution is 7.91. The van der Waals surface area contributed by atoms with E-state index in [0.717, 1.165) is 5.56 Å². The summed E-state index contributed by atoms with van der Waals surface area (Å²) >= 11 is 5.84. The van der Waals surface area contributed by atoms with Crippen LogP contribution in [0.25, 0.3) is 0 Å². The zero-order valence-electron chi connectivity index (χ0n) is 8.59. The SMILES string of the molecule is CS(=O)(=O)[C@@H]1[C@@H](C#N)[C@@H]1c1cccc(Cl)c1.